The zero-order valence-electron chi connectivity index (χ0n) is 37.9. The first-order valence-corrected chi connectivity index (χ1v) is 22.8. The Morgan fingerprint density at radius 2 is 1.77 bits per heavy atom. The van der Waals surface area contributed by atoms with Crippen LogP contribution in [0.15, 0.2) is 65.3 Å². The molecule has 6 rings (SSSR count). The second kappa shape index (κ2) is 20.7. The number of amides is 4. The molecule has 20 nitrogen and oxygen atoms in total. The number of thioether (sulfide) groups is 1. The predicted octanol–water partition coefficient (Wildman–Crippen LogP) is 5.02. The highest BCUT2D eigenvalue weighted by Crippen LogP contribution is 2.41. The largest absolute Gasteiger partial charge is 0.497 e. The van der Waals surface area contributed by atoms with Crippen molar-refractivity contribution >= 4 is 75.3 Å². The number of nitrogens with one attached hydrogen (secondary N) is 2. The Morgan fingerprint density at radius 1 is 1.03 bits per heavy atom. The number of imidazole rings is 1. The van der Waals surface area contributed by atoms with E-state index < -0.39 is 46.5 Å². The Morgan fingerprint density at radius 3 is 2.45 bits per heavy atom. The van der Waals surface area contributed by atoms with Crippen LogP contribution in [0.4, 0.5) is 14.7 Å². The monoisotopic (exact) mass is 935 g/mol. The first-order valence-electron chi connectivity index (χ1n) is 21.0. The minimum Gasteiger partial charge on any atom is -0.497 e. The third-order valence-electron chi connectivity index (χ3n) is 9.67. The maximum atomic E-state index is 14.2. The summed E-state index contributed by atoms with van der Waals surface area (Å²) in [7, 11) is 1.56. The summed E-state index contributed by atoms with van der Waals surface area (Å²) in [4.78, 5) is 84.3. The molecule has 0 bridgehead atoms. The number of oxime groups is 1. The van der Waals surface area contributed by atoms with E-state index in [0.717, 1.165) is 17.0 Å². The van der Waals surface area contributed by atoms with Crippen LogP contribution in [0.25, 0.3) is 11.2 Å². The molecule has 1 aromatic carbocycles. The van der Waals surface area contributed by atoms with E-state index in [-0.39, 0.29) is 48.2 Å². The van der Waals surface area contributed by atoms with Gasteiger partial charge in [-0.15, -0.1) is 11.8 Å². The molecule has 2 atom stereocenters. The van der Waals surface area contributed by atoms with E-state index in [1.54, 1.807) is 70.3 Å². The zero-order chi connectivity index (χ0) is 47.1. The van der Waals surface area contributed by atoms with Gasteiger partial charge in [-0.1, -0.05) is 17.3 Å². The van der Waals surface area contributed by atoms with Gasteiger partial charge in [-0.25, -0.2) is 19.0 Å². The topological polar surface area (TPSA) is 222 Å². The number of rotatable bonds is 17. The Balaban J connectivity index is 1.22. The minimum atomic E-state index is -1.06. The number of carbonyl (C=O) groups is 5. The molecule has 65 heavy (non-hydrogen) atoms. The number of methoxy groups -OCH3 is 1. The lowest BCUT2D eigenvalue weighted by molar-refractivity contribution is -0.664. The van der Waals surface area contributed by atoms with Crippen molar-refractivity contribution in [1.29, 1.82) is 0 Å². The number of aromatic nitrogens is 5. The number of pyridine rings is 1. The van der Waals surface area contributed by atoms with Gasteiger partial charge in [0, 0.05) is 42.5 Å². The summed E-state index contributed by atoms with van der Waals surface area (Å²) in [6, 6.07) is 9.84. The average molecular weight is 936 g/mol. The number of anilines is 1. The number of benzene rings is 1. The van der Waals surface area contributed by atoms with Gasteiger partial charge < -0.3 is 38.6 Å². The number of ether oxygens (including phenoxy) is 4. The van der Waals surface area contributed by atoms with Crippen LogP contribution < -0.4 is 19.9 Å². The third-order valence-corrected chi connectivity index (χ3v) is 11.6. The highest BCUT2D eigenvalue weighted by atomic mass is 32.2. The number of nitrogens with zero attached hydrogens (tertiary/aromatic N) is 8. The minimum absolute atomic E-state index is 0.0503. The van der Waals surface area contributed by atoms with Crippen molar-refractivity contribution < 1.29 is 52.3 Å². The molecule has 2 unspecified atom stereocenters. The van der Waals surface area contributed by atoms with Crippen LogP contribution in [-0.2, 0) is 53.1 Å². The van der Waals surface area contributed by atoms with E-state index in [1.165, 1.54) is 16.7 Å². The zero-order valence-corrected chi connectivity index (χ0v) is 39.5. The van der Waals surface area contributed by atoms with Crippen LogP contribution in [0.3, 0.4) is 0 Å². The molecule has 22 heteroatoms. The maximum absolute atomic E-state index is 14.2. The van der Waals surface area contributed by atoms with Crippen molar-refractivity contribution in [1.82, 2.24) is 34.0 Å². The summed E-state index contributed by atoms with van der Waals surface area (Å²) in [5, 5.41) is 8.53. The van der Waals surface area contributed by atoms with Crippen molar-refractivity contribution in [2.75, 3.05) is 37.9 Å². The number of aryl methyl sites for hydroxylation is 1. The molecule has 4 amide bonds. The van der Waals surface area contributed by atoms with Crippen molar-refractivity contribution in [3.8, 4) is 5.75 Å². The van der Waals surface area contributed by atoms with Crippen molar-refractivity contribution in [3.63, 3.8) is 0 Å². The Labute approximate surface area is 384 Å². The van der Waals surface area contributed by atoms with E-state index in [4.69, 9.17) is 28.8 Å². The van der Waals surface area contributed by atoms with Gasteiger partial charge in [0.15, 0.2) is 0 Å². The Kier molecular flexibility index (Phi) is 15.3. The quantitative estimate of drug-likeness (QED) is 0.0355. The number of hydrogen-bond donors (Lipinski definition) is 2. The molecule has 2 aliphatic rings. The third kappa shape index (κ3) is 12.1. The molecular formula is C43H55N10O10S2+. The van der Waals surface area contributed by atoms with Gasteiger partial charge in [0.05, 0.1) is 13.3 Å². The fraction of sp³-hybridized carbons (Fsp3) is 0.488. The molecule has 3 aromatic heterocycles. The van der Waals surface area contributed by atoms with Crippen LogP contribution in [0.1, 0.15) is 73.2 Å². The summed E-state index contributed by atoms with van der Waals surface area (Å²) in [5.74, 6) is -1.25. The normalized spacial score (nSPS) is 16.4. The van der Waals surface area contributed by atoms with Gasteiger partial charge in [0.1, 0.15) is 59.3 Å². The predicted molar refractivity (Wildman–Crippen MR) is 241 cm³/mol. The first kappa shape index (κ1) is 48.2. The number of fused-ring (bicyclic) bond motifs is 2. The summed E-state index contributed by atoms with van der Waals surface area (Å²) in [6.45, 7) is 16.1. The van der Waals surface area contributed by atoms with Crippen LogP contribution in [0.5, 0.6) is 5.75 Å². The smallest absolute Gasteiger partial charge is 0.414 e. The van der Waals surface area contributed by atoms with E-state index in [2.05, 4.69) is 25.1 Å². The summed E-state index contributed by atoms with van der Waals surface area (Å²) in [6.07, 6.45) is 3.13. The number of β-lactam (4-membered cyclic amide) rings is 1. The van der Waals surface area contributed by atoms with E-state index in [9.17, 15) is 24.0 Å². The Bertz CT molecular complexity index is 2460. The second-order valence-corrected chi connectivity index (χ2v) is 18.7. The van der Waals surface area contributed by atoms with Gasteiger partial charge in [0.25, 0.3) is 11.8 Å². The SMILES string of the molecule is CCON=C(C(=O)NC1C(=O)N2C(C(=O)OCc3ccc(OC)cc3)=C(C[n+]3cccc4c3ncn4CCCN(CC)C(=O)OC(C)(C)C)CSC12)c1nsc(NC(=O)OC(C)(C)C)n1. The van der Waals surface area contributed by atoms with Crippen LogP contribution in [0, 0.1) is 0 Å². The molecule has 2 aliphatic heterocycles. The van der Waals surface area contributed by atoms with Gasteiger partial charge in [0.2, 0.25) is 23.0 Å². The number of carbonyl (C=O) groups excluding carboxylic acids is 5. The van der Waals surface area contributed by atoms with E-state index >= 15 is 0 Å². The molecule has 0 saturated carbocycles. The standard InChI is InChI=1S/C43H54N10O10S2/c1-10-50(41(58)63-43(6,7)8)20-13-21-52-25-44-34-29(52)14-12-19-51(34)22-27-24-64-37-31(36(55)53(37)32(27)38(56)60-23-26-15-17-28(59-9)18-16-26)45-35(54)30(48-61-11-2)33-46-39(65-49-33)47-40(57)62-42(3,4)5/h12,14-19,25,31,37H,10-11,13,20-24H2,1-9H3,(H-,45,46,47,49,54,57)/p+1. The maximum Gasteiger partial charge on any atom is 0.414 e. The molecule has 0 spiro atoms. The molecular weight excluding hydrogens is 881 g/mol. The average Bonchev–Trinajstić information content (AvgIpc) is 3.89. The molecule has 1 saturated heterocycles. The molecule has 1 fully saturated rings. The molecule has 0 aliphatic carbocycles. The molecule has 348 valence electrons. The van der Waals surface area contributed by atoms with Crippen LogP contribution in [0.2, 0.25) is 0 Å². The van der Waals surface area contributed by atoms with Crippen LogP contribution >= 0.6 is 23.3 Å². The lowest BCUT2D eigenvalue weighted by Crippen LogP contribution is -2.71. The number of esters is 1. The molecule has 4 aromatic rings. The fourth-order valence-corrected chi connectivity index (χ4v) is 8.64. The lowest BCUT2D eigenvalue weighted by Gasteiger charge is -2.49. The summed E-state index contributed by atoms with van der Waals surface area (Å²) >= 11 is 2.18. The van der Waals surface area contributed by atoms with Gasteiger partial charge in [-0.3, -0.25) is 19.8 Å². The summed E-state index contributed by atoms with van der Waals surface area (Å²) in [5.41, 5.74) is 1.21. The molecule has 0 radical (unpaired) electrons. The van der Waals surface area contributed by atoms with Gasteiger partial charge in [-0.2, -0.15) is 9.36 Å². The summed E-state index contributed by atoms with van der Waals surface area (Å²) < 4.78 is 30.1. The molecule has 5 heterocycles. The van der Waals surface area contributed by atoms with Crippen molar-refractivity contribution in [2.45, 2.75) is 104 Å². The van der Waals surface area contributed by atoms with Gasteiger partial charge in [-0.05, 0) is 96.6 Å². The van der Waals surface area contributed by atoms with Crippen molar-refractivity contribution in [2.24, 2.45) is 5.16 Å². The van der Waals surface area contributed by atoms with Gasteiger partial charge >= 0.3 is 23.8 Å². The highest BCUT2D eigenvalue weighted by Gasteiger charge is 2.55. The molecule has 2 N–H and O–H groups in total. The fourth-order valence-electron chi connectivity index (χ4n) is 6.75. The Hall–Kier alpha value is -6.29. The number of hydrogen-bond acceptors (Lipinski definition) is 16. The first-order chi connectivity index (χ1) is 30.9. The van der Waals surface area contributed by atoms with E-state index in [1.807, 2.05) is 55.2 Å². The lowest BCUT2D eigenvalue weighted by atomic mass is 10.0. The van der Waals surface area contributed by atoms with Crippen LogP contribution in [-0.4, -0.2) is 120 Å². The second-order valence-electron chi connectivity index (χ2n) is 16.8. The highest BCUT2D eigenvalue weighted by molar-refractivity contribution is 8.00. The van der Waals surface area contributed by atoms with Crippen molar-refractivity contribution in [3.05, 3.63) is 71.6 Å². The van der Waals surface area contributed by atoms with E-state index in [0.29, 0.717) is 54.3 Å².